The third-order valence-corrected chi connectivity index (χ3v) is 2.23. The molecule has 0 saturated heterocycles. The Bertz CT molecular complexity index is 252. The van der Waals surface area contributed by atoms with Crippen molar-refractivity contribution in [2.75, 3.05) is 19.8 Å². The van der Waals surface area contributed by atoms with Gasteiger partial charge in [-0.15, -0.1) is 0 Å². The Kier molecular flexibility index (Phi) is 4.52. The predicted molar refractivity (Wildman–Crippen MR) is 55.6 cm³/mol. The standard InChI is InChI=1S/C9H15NO3S/c1-4-11-7-8(12-5-2)14-9(10-7)13-6-3/h4-6H2,1-3H3. The van der Waals surface area contributed by atoms with Crippen LogP contribution in [0.2, 0.25) is 0 Å². The van der Waals surface area contributed by atoms with Crippen LogP contribution in [0.25, 0.3) is 0 Å². The van der Waals surface area contributed by atoms with Gasteiger partial charge in [-0.25, -0.2) is 0 Å². The van der Waals surface area contributed by atoms with Crippen LogP contribution in [-0.2, 0) is 0 Å². The van der Waals surface area contributed by atoms with Gasteiger partial charge in [-0.1, -0.05) is 0 Å². The number of aromatic nitrogens is 1. The number of hydrogen-bond acceptors (Lipinski definition) is 5. The molecule has 5 heteroatoms. The van der Waals surface area contributed by atoms with Crippen LogP contribution < -0.4 is 14.2 Å². The van der Waals surface area contributed by atoms with Gasteiger partial charge in [0.1, 0.15) is 0 Å². The molecule has 0 atom stereocenters. The van der Waals surface area contributed by atoms with Crippen LogP contribution in [-0.4, -0.2) is 24.8 Å². The molecule has 0 radical (unpaired) electrons. The summed E-state index contributed by atoms with van der Waals surface area (Å²) in [5.74, 6) is 0.530. The quantitative estimate of drug-likeness (QED) is 0.733. The van der Waals surface area contributed by atoms with E-state index in [0.717, 1.165) is 0 Å². The Hall–Kier alpha value is -0.970. The number of nitrogens with zero attached hydrogens (tertiary/aromatic N) is 1. The lowest BCUT2D eigenvalue weighted by Crippen LogP contribution is -1.96. The fourth-order valence-corrected chi connectivity index (χ4v) is 1.74. The van der Waals surface area contributed by atoms with E-state index in [1.807, 2.05) is 20.8 Å². The summed E-state index contributed by atoms with van der Waals surface area (Å²) in [7, 11) is 0. The SMILES string of the molecule is CCOc1nc(OCC)c(OCC)s1. The Morgan fingerprint density at radius 2 is 1.64 bits per heavy atom. The zero-order chi connectivity index (χ0) is 10.4. The summed E-state index contributed by atoms with van der Waals surface area (Å²) in [6, 6.07) is 0. The van der Waals surface area contributed by atoms with E-state index in [4.69, 9.17) is 14.2 Å². The Balaban J connectivity index is 2.76. The molecule has 0 aliphatic heterocycles. The van der Waals surface area contributed by atoms with Crippen LogP contribution in [0.5, 0.6) is 16.1 Å². The van der Waals surface area contributed by atoms with Crippen molar-refractivity contribution in [1.82, 2.24) is 4.98 Å². The van der Waals surface area contributed by atoms with Gasteiger partial charge in [0.15, 0.2) is 0 Å². The van der Waals surface area contributed by atoms with Crippen LogP contribution in [0.1, 0.15) is 20.8 Å². The average molecular weight is 217 g/mol. The van der Waals surface area contributed by atoms with Gasteiger partial charge in [-0.3, -0.25) is 0 Å². The van der Waals surface area contributed by atoms with E-state index < -0.39 is 0 Å². The van der Waals surface area contributed by atoms with Gasteiger partial charge in [0.05, 0.1) is 19.8 Å². The van der Waals surface area contributed by atoms with Crippen molar-refractivity contribution in [2.45, 2.75) is 20.8 Å². The third kappa shape index (κ3) is 2.77. The number of hydrogen-bond donors (Lipinski definition) is 0. The van der Waals surface area contributed by atoms with Crippen molar-refractivity contribution in [2.24, 2.45) is 0 Å². The molecule has 0 unspecified atom stereocenters. The molecule has 0 aromatic carbocycles. The summed E-state index contributed by atoms with van der Waals surface area (Å²) in [6.07, 6.45) is 0. The van der Waals surface area contributed by atoms with E-state index in [0.29, 0.717) is 36.0 Å². The second-order valence-corrected chi connectivity index (χ2v) is 3.30. The van der Waals surface area contributed by atoms with Crippen molar-refractivity contribution >= 4 is 11.3 Å². The third-order valence-electron chi connectivity index (χ3n) is 1.37. The minimum absolute atomic E-state index is 0.530. The highest BCUT2D eigenvalue weighted by Gasteiger charge is 2.13. The first kappa shape index (κ1) is 11.1. The zero-order valence-electron chi connectivity index (χ0n) is 8.70. The van der Waals surface area contributed by atoms with Gasteiger partial charge in [0, 0.05) is 0 Å². The second kappa shape index (κ2) is 5.70. The highest BCUT2D eigenvalue weighted by atomic mass is 32.1. The molecule has 1 aromatic heterocycles. The van der Waals surface area contributed by atoms with Crippen molar-refractivity contribution in [3.05, 3.63) is 0 Å². The Labute approximate surface area is 87.8 Å². The molecule has 14 heavy (non-hydrogen) atoms. The number of rotatable bonds is 6. The molecule has 0 bridgehead atoms. The molecule has 1 rings (SSSR count). The molecule has 0 saturated carbocycles. The van der Waals surface area contributed by atoms with Gasteiger partial charge >= 0.3 is 0 Å². The van der Waals surface area contributed by atoms with E-state index in [-0.39, 0.29) is 0 Å². The highest BCUT2D eigenvalue weighted by molar-refractivity contribution is 7.15. The Morgan fingerprint density at radius 3 is 2.21 bits per heavy atom. The van der Waals surface area contributed by atoms with Gasteiger partial charge in [0.25, 0.3) is 11.1 Å². The summed E-state index contributed by atoms with van der Waals surface area (Å²) >= 11 is 1.37. The van der Waals surface area contributed by atoms with E-state index >= 15 is 0 Å². The van der Waals surface area contributed by atoms with E-state index in [1.165, 1.54) is 11.3 Å². The van der Waals surface area contributed by atoms with E-state index in [1.54, 1.807) is 0 Å². The van der Waals surface area contributed by atoms with E-state index in [9.17, 15) is 0 Å². The number of thiazole rings is 1. The largest absolute Gasteiger partial charge is 0.480 e. The lowest BCUT2D eigenvalue weighted by Gasteiger charge is -2.01. The van der Waals surface area contributed by atoms with Crippen LogP contribution >= 0.6 is 11.3 Å². The van der Waals surface area contributed by atoms with Crippen molar-refractivity contribution < 1.29 is 14.2 Å². The molecule has 4 nitrogen and oxygen atoms in total. The molecule has 0 amide bonds. The molecule has 1 heterocycles. The maximum Gasteiger partial charge on any atom is 0.280 e. The summed E-state index contributed by atoms with van der Waals surface area (Å²) in [5, 5.41) is 1.29. The monoisotopic (exact) mass is 217 g/mol. The van der Waals surface area contributed by atoms with Crippen LogP contribution in [0.3, 0.4) is 0 Å². The molecule has 0 N–H and O–H groups in total. The van der Waals surface area contributed by atoms with Crippen LogP contribution in [0.4, 0.5) is 0 Å². The number of ether oxygens (including phenoxy) is 3. The minimum atomic E-state index is 0.530. The molecule has 1 aromatic rings. The molecule has 0 aliphatic carbocycles. The smallest absolute Gasteiger partial charge is 0.280 e. The van der Waals surface area contributed by atoms with Crippen molar-refractivity contribution in [3.8, 4) is 16.1 Å². The zero-order valence-corrected chi connectivity index (χ0v) is 9.52. The van der Waals surface area contributed by atoms with Gasteiger partial charge in [0.2, 0.25) is 5.06 Å². The normalized spacial score (nSPS) is 9.93. The Morgan fingerprint density at radius 1 is 1.00 bits per heavy atom. The maximum absolute atomic E-state index is 5.37. The first-order valence-electron chi connectivity index (χ1n) is 4.71. The lowest BCUT2D eigenvalue weighted by atomic mass is 10.7. The topological polar surface area (TPSA) is 40.6 Å². The summed E-state index contributed by atoms with van der Waals surface area (Å²) < 4.78 is 15.9. The molecule has 0 spiro atoms. The molecule has 0 aliphatic rings. The minimum Gasteiger partial charge on any atom is -0.480 e. The second-order valence-electron chi connectivity index (χ2n) is 2.37. The molecule has 0 fully saturated rings. The average Bonchev–Trinajstić information content (AvgIpc) is 2.50. The lowest BCUT2D eigenvalue weighted by molar-refractivity contribution is 0.281. The first-order valence-corrected chi connectivity index (χ1v) is 5.52. The molecular weight excluding hydrogens is 202 g/mol. The van der Waals surface area contributed by atoms with E-state index in [2.05, 4.69) is 4.98 Å². The van der Waals surface area contributed by atoms with Crippen molar-refractivity contribution in [3.63, 3.8) is 0 Å². The van der Waals surface area contributed by atoms with Gasteiger partial charge in [-0.2, -0.15) is 4.98 Å². The first-order chi connectivity index (χ1) is 6.81. The van der Waals surface area contributed by atoms with Gasteiger partial charge < -0.3 is 14.2 Å². The van der Waals surface area contributed by atoms with Crippen molar-refractivity contribution in [1.29, 1.82) is 0 Å². The van der Waals surface area contributed by atoms with Gasteiger partial charge in [-0.05, 0) is 32.1 Å². The maximum atomic E-state index is 5.37. The fraction of sp³-hybridized carbons (Fsp3) is 0.667. The van der Waals surface area contributed by atoms with Crippen LogP contribution in [0.15, 0.2) is 0 Å². The fourth-order valence-electron chi connectivity index (χ4n) is 0.910. The summed E-state index contributed by atoms with van der Waals surface area (Å²) in [4.78, 5) is 4.16. The predicted octanol–water partition coefficient (Wildman–Crippen LogP) is 2.34. The molecular formula is C9H15NO3S. The summed E-state index contributed by atoms with van der Waals surface area (Å²) in [6.45, 7) is 7.54. The summed E-state index contributed by atoms with van der Waals surface area (Å²) in [5.41, 5.74) is 0. The van der Waals surface area contributed by atoms with Crippen LogP contribution in [0, 0.1) is 0 Å². The molecule has 80 valence electrons. The highest BCUT2D eigenvalue weighted by Crippen LogP contribution is 2.38.